The maximum Gasteiger partial charge on any atom is 3.00 e. The van der Waals surface area contributed by atoms with Crippen molar-refractivity contribution < 1.29 is 32.7 Å². The van der Waals surface area contributed by atoms with Gasteiger partial charge in [-0.15, -0.1) is 0 Å². The first kappa shape index (κ1) is 15.7. The zero-order valence-corrected chi connectivity index (χ0v) is 7.98. The molecule has 0 spiro atoms. The molecular formula is C5H12NY. The van der Waals surface area contributed by atoms with Crippen molar-refractivity contribution in [1.29, 1.82) is 0 Å². The van der Waals surface area contributed by atoms with Gasteiger partial charge in [-0.25, -0.2) is 0 Å². The Morgan fingerprint density at radius 1 is 1.57 bits per heavy atom. The van der Waals surface area contributed by atoms with Gasteiger partial charge in [0.25, 0.3) is 0 Å². The maximum absolute atomic E-state index is 3.55. The third kappa shape index (κ3) is 19.3. The van der Waals surface area contributed by atoms with Gasteiger partial charge in [0.2, 0.25) is 0 Å². The van der Waals surface area contributed by atoms with Crippen LogP contribution in [0.2, 0.25) is 0 Å². The van der Waals surface area contributed by atoms with E-state index in [9.17, 15) is 0 Å². The van der Waals surface area contributed by atoms with Crippen LogP contribution < -0.4 is 0 Å². The summed E-state index contributed by atoms with van der Waals surface area (Å²) in [6.07, 6.45) is 0. The fraction of sp³-hybridized carbons (Fsp3) is 0.400. The van der Waals surface area contributed by atoms with Crippen LogP contribution in [0, 0.1) is 21.4 Å². The van der Waals surface area contributed by atoms with Gasteiger partial charge in [-0.1, -0.05) is 0 Å². The molecular weight excluding hydrogens is 163 g/mol. The second-order valence-corrected chi connectivity index (χ2v) is 1.08. The molecule has 0 aliphatic carbocycles. The molecule has 0 aliphatic heterocycles. The molecule has 0 radical (unpaired) electrons. The summed E-state index contributed by atoms with van der Waals surface area (Å²) in [6.45, 7) is 4.33. The van der Waals surface area contributed by atoms with E-state index in [0.717, 1.165) is 6.54 Å². The summed E-state index contributed by atoms with van der Waals surface area (Å²) in [5.74, 6) is 0. The molecule has 40 valence electrons. The summed E-state index contributed by atoms with van der Waals surface area (Å²) >= 11 is 0. The fourth-order valence-corrected chi connectivity index (χ4v) is 0. The zero-order valence-electron chi connectivity index (χ0n) is 5.15. The second kappa shape index (κ2) is 10.1. The molecule has 0 bridgehead atoms. The molecule has 1 nitrogen and oxygen atoms in total. The molecule has 0 rings (SSSR count). The Balaban J connectivity index is -0.0000000800. The van der Waals surface area contributed by atoms with E-state index in [4.69, 9.17) is 0 Å². The van der Waals surface area contributed by atoms with Crippen LogP contribution in [0.1, 0.15) is 0 Å². The average Bonchev–Trinajstić information content (AvgIpc) is 1.38. The smallest absolute Gasteiger partial charge is 0.487 e. The van der Waals surface area contributed by atoms with Crippen LogP contribution in [0.4, 0.5) is 0 Å². The van der Waals surface area contributed by atoms with E-state index >= 15 is 0 Å². The molecule has 7 heavy (non-hydrogen) atoms. The van der Waals surface area contributed by atoms with Crippen molar-refractivity contribution in [3.05, 3.63) is 21.4 Å². The Kier molecular flexibility index (Phi) is 22.7. The Bertz CT molecular complexity index is 22.0. The molecule has 0 N–H and O–H groups in total. The van der Waals surface area contributed by atoms with Crippen LogP contribution in [-0.4, -0.2) is 18.5 Å². The van der Waals surface area contributed by atoms with Gasteiger partial charge in [0.15, 0.2) is 0 Å². The van der Waals surface area contributed by atoms with Crippen molar-refractivity contribution >= 4 is 0 Å². The van der Waals surface area contributed by atoms with Crippen molar-refractivity contribution in [2.45, 2.75) is 0 Å². The van der Waals surface area contributed by atoms with Gasteiger partial charge in [-0.05, 0) is 7.05 Å². The minimum Gasteiger partial charge on any atom is -0.487 e. The second-order valence-electron chi connectivity index (χ2n) is 1.08. The van der Waals surface area contributed by atoms with Gasteiger partial charge in [0.05, 0.1) is 0 Å². The first-order chi connectivity index (χ1) is 2.27. The van der Waals surface area contributed by atoms with Crippen LogP contribution in [-0.2, 0) is 32.7 Å². The monoisotopic (exact) mass is 175 g/mol. The molecule has 0 amide bonds. The van der Waals surface area contributed by atoms with Gasteiger partial charge in [-0.3, -0.25) is 7.05 Å². The quantitative estimate of drug-likeness (QED) is 0.537. The number of rotatable bonds is 1. The van der Waals surface area contributed by atoms with Gasteiger partial charge in [-0.2, -0.15) is 6.54 Å². The Hall–Kier alpha value is 1.06. The first-order valence-electron chi connectivity index (χ1n) is 1.58. The molecule has 0 fully saturated rings. The molecule has 0 aliphatic rings. The fourth-order valence-electron chi connectivity index (χ4n) is 0. The topological polar surface area (TPSA) is 3.24 Å². The molecule has 0 heterocycles. The molecule has 0 unspecified atom stereocenters. The molecule has 0 saturated carbocycles. The Labute approximate surface area is 72.3 Å². The summed E-state index contributed by atoms with van der Waals surface area (Å²) in [4.78, 5) is 1.76. The van der Waals surface area contributed by atoms with E-state index in [1.807, 2.05) is 7.05 Å². The Morgan fingerprint density at radius 2 is 1.71 bits per heavy atom. The van der Waals surface area contributed by atoms with Crippen molar-refractivity contribution in [2.24, 2.45) is 0 Å². The zero-order chi connectivity index (χ0) is 4.28. The third-order valence-corrected chi connectivity index (χ3v) is 0.382. The average molecular weight is 175 g/mol. The van der Waals surface area contributed by atoms with Crippen LogP contribution >= 0.6 is 0 Å². The van der Waals surface area contributed by atoms with E-state index < -0.39 is 0 Å². The van der Waals surface area contributed by atoms with Crippen LogP contribution in [0.3, 0.4) is 0 Å². The van der Waals surface area contributed by atoms with Gasteiger partial charge >= 0.3 is 32.7 Å². The van der Waals surface area contributed by atoms with Crippen LogP contribution in [0.15, 0.2) is 0 Å². The number of hydrogen-bond acceptors (Lipinski definition) is 1. The largest absolute Gasteiger partial charge is 3.00 e. The minimum atomic E-state index is 0. The standard InChI is InChI=1S/C4H9N.CH3.Y/c1-4-5(2)3;;/h1-2,4H2,3H3;1H3;/q-2;-1;+3. The maximum atomic E-state index is 3.55. The van der Waals surface area contributed by atoms with Crippen molar-refractivity contribution in [3.63, 3.8) is 0 Å². The van der Waals surface area contributed by atoms with Gasteiger partial charge in [0.1, 0.15) is 0 Å². The van der Waals surface area contributed by atoms with Gasteiger partial charge < -0.3 is 19.3 Å². The summed E-state index contributed by atoms with van der Waals surface area (Å²) in [7, 11) is 5.41. The van der Waals surface area contributed by atoms with Crippen LogP contribution in [0.25, 0.3) is 0 Å². The number of nitrogens with zero attached hydrogens (tertiary/aromatic N) is 1. The molecule has 0 saturated heterocycles. The van der Waals surface area contributed by atoms with E-state index in [1.54, 1.807) is 4.90 Å². The minimum absolute atomic E-state index is 0. The predicted molar refractivity (Wildman–Crippen MR) is 29.8 cm³/mol. The van der Waals surface area contributed by atoms with E-state index in [1.165, 1.54) is 0 Å². The molecule has 0 aromatic heterocycles. The van der Waals surface area contributed by atoms with Crippen molar-refractivity contribution in [1.82, 2.24) is 4.90 Å². The molecule has 0 atom stereocenters. The van der Waals surface area contributed by atoms with Gasteiger partial charge in [0, 0.05) is 0 Å². The van der Waals surface area contributed by atoms with Crippen LogP contribution in [0.5, 0.6) is 0 Å². The predicted octanol–water partition coefficient (Wildman–Crippen LogP) is 0.992. The molecule has 0 aromatic rings. The van der Waals surface area contributed by atoms with Crippen molar-refractivity contribution in [3.8, 4) is 0 Å². The van der Waals surface area contributed by atoms with E-state index in [2.05, 4.69) is 14.0 Å². The SMILES string of the molecule is [CH2-]CN([CH2-])C.[CH3-].[Y+3]. The summed E-state index contributed by atoms with van der Waals surface area (Å²) < 4.78 is 0. The van der Waals surface area contributed by atoms with E-state index in [0.29, 0.717) is 0 Å². The molecule has 0 aromatic carbocycles. The molecule has 2 heteroatoms. The summed E-state index contributed by atoms with van der Waals surface area (Å²) in [6, 6.07) is 0. The number of hydrogen-bond donors (Lipinski definition) is 0. The summed E-state index contributed by atoms with van der Waals surface area (Å²) in [5, 5.41) is 0. The summed E-state index contributed by atoms with van der Waals surface area (Å²) in [5.41, 5.74) is 0. The Morgan fingerprint density at radius 3 is 1.71 bits per heavy atom. The van der Waals surface area contributed by atoms with Crippen molar-refractivity contribution in [2.75, 3.05) is 13.6 Å². The first-order valence-corrected chi connectivity index (χ1v) is 1.58. The third-order valence-electron chi connectivity index (χ3n) is 0.382. The normalized spacial score (nSPS) is 6.86. The van der Waals surface area contributed by atoms with E-state index in [-0.39, 0.29) is 40.1 Å².